The predicted molar refractivity (Wildman–Crippen MR) is 82.4 cm³/mol. The van der Waals surface area contributed by atoms with Gasteiger partial charge >= 0.3 is 5.97 Å². The van der Waals surface area contributed by atoms with Crippen LogP contribution in [-0.4, -0.2) is 11.1 Å². The molecule has 0 radical (unpaired) electrons. The van der Waals surface area contributed by atoms with Gasteiger partial charge in [-0.25, -0.2) is 0 Å². The highest BCUT2D eigenvalue weighted by atomic mass is 16.4. The zero-order valence-electron chi connectivity index (χ0n) is 12.8. The molecule has 21 heavy (non-hydrogen) atoms. The Morgan fingerprint density at radius 3 is 2.90 bits per heavy atom. The molecule has 4 unspecified atom stereocenters. The maximum absolute atomic E-state index is 12.1. The number of fused-ring (bicyclic) bond motifs is 3. The molecule has 2 fully saturated rings. The van der Waals surface area contributed by atoms with E-state index in [9.17, 15) is 9.90 Å². The molecule has 0 saturated heterocycles. The SMILES string of the molecule is C=C1CC23CC1(C)CCC2c1cccc(C)c1C3C(=O)O. The van der Waals surface area contributed by atoms with Gasteiger partial charge in [0.05, 0.1) is 5.92 Å². The summed E-state index contributed by atoms with van der Waals surface area (Å²) in [6.07, 6.45) is 4.14. The molecular weight excluding hydrogens is 260 g/mol. The quantitative estimate of drug-likeness (QED) is 0.775. The fourth-order valence-electron chi connectivity index (χ4n) is 5.72. The summed E-state index contributed by atoms with van der Waals surface area (Å²) >= 11 is 0. The smallest absolute Gasteiger partial charge is 0.311 e. The van der Waals surface area contributed by atoms with Crippen LogP contribution in [0, 0.1) is 17.8 Å². The van der Waals surface area contributed by atoms with Crippen molar-refractivity contribution in [1.29, 1.82) is 0 Å². The van der Waals surface area contributed by atoms with Crippen LogP contribution in [0.2, 0.25) is 0 Å². The lowest BCUT2D eigenvalue weighted by Gasteiger charge is -2.42. The zero-order valence-corrected chi connectivity index (χ0v) is 12.8. The van der Waals surface area contributed by atoms with E-state index >= 15 is 0 Å². The van der Waals surface area contributed by atoms with Crippen LogP contribution in [0.25, 0.3) is 0 Å². The molecule has 2 saturated carbocycles. The monoisotopic (exact) mass is 282 g/mol. The molecule has 2 nitrogen and oxygen atoms in total. The molecule has 1 spiro atoms. The molecule has 1 aromatic carbocycles. The van der Waals surface area contributed by atoms with Crippen LogP contribution in [0.5, 0.6) is 0 Å². The van der Waals surface area contributed by atoms with Crippen LogP contribution in [0.15, 0.2) is 30.4 Å². The number of carboxylic acid groups (broad SMARTS) is 1. The lowest BCUT2D eigenvalue weighted by Crippen LogP contribution is -2.36. The summed E-state index contributed by atoms with van der Waals surface area (Å²) in [4.78, 5) is 12.1. The Kier molecular flexibility index (Phi) is 2.37. The van der Waals surface area contributed by atoms with Crippen molar-refractivity contribution in [2.24, 2.45) is 10.8 Å². The van der Waals surface area contributed by atoms with Crippen LogP contribution in [0.1, 0.15) is 61.1 Å². The van der Waals surface area contributed by atoms with Crippen molar-refractivity contribution < 1.29 is 9.90 Å². The third-order valence-electron chi connectivity index (χ3n) is 6.64. The van der Waals surface area contributed by atoms with E-state index in [1.807, 2.05) is 0 Å². The summed E-state index contributed by atoms with van der Waals surface area (Å²) in [5.41, 5.74) is 4.86. The van der Waals surface area contributed by atoms with E-state index in [1.165, 1.54) is 11.1 Å². The molecule has 0 amide bonds. The molecule has 3 aliphatic rings. The van der Waals surface area contributed by atoms with E-state index in [1.54, 1.807) is 0 Å². The van der Waals surface area contributed by atoms with Crippen molar-refractivity contribution >= 4 is 5.97 Å². The molecule has 110 valence electrons. The third-order valence-corrected chi connectivity index (χ3v) is 6.64. The first-order valence-electron chi connectivity index (χ1n) is 7.89. The lowest BCUT2D eigenvalue weighted by molar-refractivity contribution is -0.142. The zero-order chi connectivity index (χ0) is 15.0. The average Bonchev–Trinajstić information content (AvgIpc) is 2.79. The van der Waals surface area contributed by atoms with Crippen LogP contribution >= 0.6 is 0 Å². The highest BCUT2D eigenvalue weighted by molar-refractivity contribution is 5.81. The first kappa shape index (κ1) is 13.1. The number of aliphatic carboxylic acids is 1. The Morgan fingerprint density at radius 1 is 1.43 bits per heavy atom. The number of carboxylic acids is 1. The van der Waals surface area contributed by atoms with Gasteiger partial charge in [0.2, 0.25) is 0 Å². The minimum atomic E-state index is -0.646. The summed E-state index contributed by atoms with van der Waals surface area (Å²) < 4.78 is 0. The lowest BCUT2D eigenvalue weighted by atomic mass is 9.61. The van der Waals surface area contributed by atoms with Gasteiger partial charge in [-0.15, -0.1) is 0 Å². The number of carbonyl (C=O) groups is 1. The second-order valence-electron chi connectivity index (χ2n) is 7.69. The predicted octanol–water partition coefficient (Wildman–Crippen LogP) is 4.40. The number of allylic oxidation sites excluding steroid dienone is 1. The second-order valence-corrected chi connectivity index (χ2v) is 7.69. The van der Waals surface area contributed by atoms with Crippen LogP contribution in [0.4, 0.5) is 0 Å². The molecule has 2 bridgehead atoms. The molecule has 1 N–H and O–H groups in total. The number of aryl methyl sites for hydroxylation is 1. The van der Waals surface area contributed by atoms with Crippen molar-refractivity contribution in [3.8, 4) is 0 Å². The van der Waals surface area contributed by atoms with Crippen LogP contribution in [0.3, 0.4) is 0 Å². The van der Waals surface area contributed by atoms with E-state index in [4.69, 9.17) is 0 Å². The molecule has 4 rings (SSSR count). The summed E-state index contributed by atoms with van der Waals surface area (Å²) in [6.45, 7) is 8.66. The van der Waals surface area contributed by atoms with E-state index in [0.717, 1.165) is 36.8 Å². The maximum atomic E-state index is 12.1. The van der Waals surface area contributed by atoms with Crippen molar-refractivity contribution in [2.45, 2.75) is 51.4 Å². The average molecular weight is 282 g/mol. The van der Waals surface area contributed by atoms with Gasteiger partial charge in [0.25, 0.3) is 0 Å². The number of benzene rings is 1. The summed E-state index contributed by atoms with van der Waals surface area (Å²) in [5, 5.41) is 9.98. The van der Waals surface area contributed by atoms with Gasteiger partial charge in [0.15, 0.2) is 0 Å². The van der Waals surface area contributed by atoms with Gasteiger partial charge in [-0.05, 0) is 66.0 Å². The van der Waals surface area contributed by atoms with Gasteiger partial charge < -0.3 is 5.11 Å². The van der Waals surface area contributed by atoms with E-state index < -0.39 is 5.97 Å². The van der Waals surface area contributed by atoms with Gasteiger partial charge in [0, 0.05) is 0 Å². The van der Waals surface area contributed by atoms with Gasteiger partial charge in [-0.3, -0.25) is 4.79 Å². The Balaban J connectivity index is 1.98. The standard InChI is InChI=1S/C19H22O2/c1-11-5-4-6-13-14-7-8-18(3)10-19(14,9-12(18)2)16(15(11)13)17(20)21/h4-6,14,16H,2,7-10H2,1,3H3,(H,20,21). The minimum absolute atomic E-state index is 0.121. The minimum Gasteiger partial charge on any atom is -0.481 e. The van der Waals surface area contributed by atoms with E-state index in [-0.39, 0.29) is 16.7 Å². The third kappa shape index (κ3) is 1.41. The largest absolute Gasteiger partial charge is 0.481 e. The molecular formula is C19H22O2. The summed E-state index contributed by atoms with van der Waals surface area (Å²) in [7, 11) is 0. The van der Waals surface area contributed by atoms with E-state index in [0.29, 0.717) is 5.92 Å². The number of hydrogen-bond acceptors (Lipinski definition) is 1. The van der Waals surface area contributed by atoms with E-state index in [2.05, 4.69) is 38.6 Å². The normalized spacial score (nSPS) is 40.0. The molecule has 0 aliphatic heterocycles. The Hall–Kier alpha value is -1.57. The Morgan fingerprint density at radius 2 is 2.19 bits per heavy atom. The fourth-order valence-corrected chi connectivity index (χ4v) is 5.72. The van der Waals surface area contributed by atoms with Crippen molar-refractivity contribution in [3.63, 3.8) is 0 Å². The summed E-state index contributed by atoms with van der Waals surface area (Å²) in [6, 6.07) is 6.32. The number of rotatable bonds is 1. The van der Waals surface area contributed by atoms with Gasteiger partial charge in [-0.1, -0.05) is 37.3 Å². The molecule has 1 aromatic rings. The molecule has 0 heterocycles. The fraction of sp³-hybridized carbons (Fsp3) is 0.526. The van der Waals surface area contributed by atoms with Crippen molar-refractivity contribution in [3.05, 3.63) is 47.0 Å². The second kappa shape index (κ2) is 3.79. The van der Waals surface area contributed by atoms with Gasteiger partial charge in [0.1, 0.15) is 0 Å². The van der Waals surface area contributed by atoms with Gasteiger partial charge in [-0.2, -0.15) is 0 Å². The Bertz CT molecular complexity index is 674. The number of hydrogen-bond donors (Lipinski definition) is 1. The maximum Gasteiger partial charge on any atom is 0.311 e. The molecule has 0 aromatic heterocycles. The highest BCUT2D eigenvalue weighted by Gasteiger charge is 2.65. The Labute approximate surface area is 125 Å². The topological polar surface area (TPSA) is 37.3 Å². The molecule has 4 atom stereocenters. The van der Waals surface area contributed by atoms with Crippen molar-refractivity contribution in [1.82, 2.24) is 0 Å². The van der Waals surface area contributed by atoms with Crippen LogP contribution < -0.4 is 0 Å². The van der Waals surface area contributed by atoms with Crippen LogP contribution in [-0.2, 0) is 4.79 Å². The molecule has 2 heteroatoms. The summed E-state index contributed by atoms with van der Waals surface area (Å²) in [5.74, 6) is -0.592. The van der Waals surface area contributed by atoms with Crippen molar-refractivity contribution in [2.75, 3.05) is 0 Å². The highest BCUT2D eigenvalue weighted by Crippen LogP contribution is 2.73. The molecule has 3 aliphatic carbocycles. The first-order valence-corrected chi connectivity index (χ1v) is 7.89. The first-order chi connectivity index (χ1) is 9.89.